The lowest BCUT2D eigenvalue weighted by molar-refractivity contribution is 0.146. The summed E-state index contributed by atoms with van der Waals surface area (Å²) < 4.78 is 66.0. The van der Waals surface area contributed by atoms with Crippen LogP contribution < -0.4 is 10.9 Å². The van der Waals surface area contributed by atoms with Crippen LogP contribution in [0.5, 0.6) is 0 Å². The van der Waals surface area contributed by atoms with E-state index in [1.807, 2.05) is 0 Å². The van der Waals surface area contributed by atoms with E-state index in [0.717, 1.165) is 6.07 Å². The fourth-order valence-corrected chi connectivity index (χ4v) is 5.22. The number of sulfone groups is 1. The Hall–Kier alpha value is -3.21. The first kappa shape index (κ1) is 23.9. The van der Waals surface area contributed by atoms with Crippen molar-refractivity contribution in [2.75, 3.05) is 16.8 Å². The van der Waals surface area contributed by atoms with Crippen LogP contribution in [0.25, 0.3) is 16.5 Å². The highest BCUT2D eigenvalue weighted by atomic mass is 32.2. The first-order chi connectivity index (χ1) is 16.0. The second-order valence-electron chi connectivity index (χ2n) is 8.29. The number of fused-ring (bicyclic) bond motifs is 1. The highest BCUT2D eigenvalue weighted by Gasteiger charge is 2.23. The van der Waals surface area contributed by atoms with Gasteiger partial charge in [0.15, 0.2) is 9.84 Å². The number of nitrogens with zero attached hydrogens (tertiary/aromatic N) is 3. The molecule has 0 amide bonds. The van der Waals surface area contributed by atoms with Gasteiger partial charge in [-0.3, -0.25) is 4.79 Å². The predicted octanol–water partition coefficient (Wildman–Crippen LogP) is 4.09. The van der Waals surface area contributed by atoms with Gasteiger partial charge in [0.2, 0.25) is 0 Å². The lowest BCUT2D eigenvalue weighted by Crippen LogP contribution is -2.24. The highest BCUT2D eigenvalue weighted by molar-refractivity contribution is 7.91. The van der Waals surface area contributed by atoms with Crippen molar-refractivity contribution in [3.63, 3.8) is 0 Å². The van der Waals surface area contributed by atoms with E-state index in [-0.39, 0.29) is 34.8 Å². The summed E-state index contributed by atoms with van der Waals surface area (Å²) in [7, 11) is -1.57. The first-order valence-electron chi connectivity index (χ1n) is 10.6. The Balaban J connectivity index is 1.82. The average Bonchev–Trinajstić information content (AvgIpc) is 2.76. The van der Waals surface area contributed by atoms with Crippen molar-refractivity contribution in [1.82, 2.24) is 14.5 Å². The normalized spacial score (nSPS) is 16.5. The van der Waals surface area contributed by atoms with E-state index in [1.54, 1.807) is 33.0 Å². The summed E-state index contributed by atoms with van der Waals surface area (Å²) in [5, 5.41) is 3.41. The quantitative estimate of drug-likeness (QED) is 0.577. The molecule has 4 rings (SSSR count). The minimum Gasteiger partial charge on any atom is -0.363 e. The zero-order valence-corrected chi connectivity index (χ0v) is 19.6. The topological polar surface area (TPSA) is 94.0 Å². The summed E-state index contributed by atoms with van der Waals surface area (Å²) >= 11 is 0. The maximum absolute atomic E-state index is 14.7. The van der Waals surface area contributed by atoms with Gasteiger partial charge in [0, 0.05) is 18.3 Å². The molecule has 3 aromatic rings. The highest BCUT2D eigenvalue weighted by Crippen LogP contribution is 2.31. The van der Waals surface area contributed by atoms with Crippen LogP contribution in [0, 0.1) is 12.7 Å². The molecule has 1 N–H and O–H groups in total. The molecule has 7 nitrogen and oxygen atoms in total. The van der Waals surface area contributed by atoms with Crippen molar-refractivity contribution in [3.05, 3.63) is 69.2 Å². The van der Waals surface area contributed by atoms with Crippen LogP contribution >= 0.6 is 0 Å². The lowest BCUT2D eigenvalue weighted by Gasteiger charge is -2.20. The van der Waals surface area contributed by atoms with Crippen LogP contribution in [-0.2, 0) is 16.9 Å². The standard InChI is InChI=1S/C23H23F3N4O3S/c1-12(15-5-4-6-16(19(15)24)21(25)26)27-22-17-11-18(14-7-9-34(32,33)10-8-14)30(3)23(31)20(17)28-13(2)29-22/h4-7,11-12,21H,8-10H2,1-3H3,(H,27,28,29)/t12-/m1/s1. The number of hydrogen-bond acceptors (Lipinski definition) is 6. The molecule has 34 heavy (non-hydrogen) atoms. The number of anilines is 1. The van der Waals surface area contributed by atoms with Crippen molar-refractivity contribution < 1.29 is 21.6 Å². The number of aryl methyl sites for hydroxylation is 1. The molecule has 1 aromatic carbocycles. The van der Waals surface area contributed by atoms with Crippen LogP contribution in [0.4, 0.5) is 19.0 Å². The maximum Gasteiger partial charge on any atom is 0.277 e. The molecular weight excluding hydrogens is 469 g/mol. The molecule has 0 fully saturated rings. The number of alkyl halides is 2. The van der Waals surface area contributed by atoms with Crippen LogP contribution in [0.15, 0.2) is 35.1 Å². The van der Waals surface area contributed by atoms with Crippen molar-refractivity contribution in [3.8, 4) is 0 Å². The van der Waals surface area contributed by atoms with E-state index in [0.29, 0.717) is 22.5 Å². The number of aromatic nitrogens is 3. The zero-order valence-electron chi connectivity index (χ0n) is 18.8. The number of rotatable bonds is 5. The molecule has 1 aliphatic rings. The molecule has 3 heterocycles. The first-order valence-corrected chi connectivity index (χ1v) is 12.4. The molecule has 11 heteroatoms. The third-order valence-electron chi connectivity index (χ3n) is 5.92. The van der Waals surface area contributed by atoms with Crippen molar-refractivity contribution in [2.24, 2.45) is 7.05 Å². The molecule has 0 saturated heterocycles. The summed E-state index contributed by atoms with van der Waals surface area (Å²) in [5.74, 6) is -0.576. The third-order valence-corrected chi connectivity index (χ3v) is 7.42. The summed E-state index contributed by atoms with van der Waals surface area (Å²) in [6.07, 6.45) is -1.10. The SMILES string of the molecule is Cc1nc(N[C@H](C)c2cccc(C(F)F)c2F)c2cc(C3=CCS(=O)(=O)CC3)n(C)c(=O)c2n1. The van der Waals surface area contributed by atoms with Gasteiger partial charge in [-0.1, -0.05) is 24.3 Å². The van der Waals surface area contributed by atoms with E-state index in [1.165, 1.54) is 16.7 Å². The van der Waals surface area contributed by atoms with E-state index < -0.39 is 39.2 Å². The predicted molar refractivity (Wildman–Crippen MR) is 124 cm³/mol. The van der Waals surface area contributed by atoms with Gasteiger partial charge >= 0.3 is 0 Å². The summed E-state index contributed by atoms with van der Waals surface area (Å²) in [6, 6.07) is 4.75. The van der Waals surface area contributed by atoms with Gasteiger partial charge in [-0.25, -0.2) is 31.6 Å². The average molecular weight is 493 g/mol. The lowest BCUT2D eigenvalue weighted by atomic mass is 10.0. The molecule has 0 radical (unpaired) electrons. The van der Waals surface area contributed by atoms with Gasteiger partial charge in [0.05, 0.1) is 28.5 Å². The molecule has 0 bridgehead atoms. The monoisotopic (exact) mass is 492 g/mol. The van der Waals surface area contributed by atoms with Gasteiger partial charge in [0.25, 0.3) is 12.0 Å². The van der Waals surface area contributed by atoms with E-state index in [2.05, 4.69) is 15.3 Å². The van der Waals surface area contributed by atoms with Crippen LogP contribution in [0.1, 0.15) is 48.5 Å². The molecule has 1 aliphatic heterocycles. The number of halogens is 3. The molecule has 1 atom stereocenters. The number of allylic oxidation sites excluding steroid dienone is 1. The smallest absolute Gasteiger partial charge is 0.277 e. The molecule has 180 valence electrons. The number of pyridine rings is 1. The second kappa shape index (κ2) is 8.86. The fourth-order valence-electron chi connectivity index (χ4n) is 4.07. The fraction of sp³-hybridized carbons (Fsp3) is 0.348. The molecule has 0 aliphatic carbocycles. The van der Waals surface area contributed by atoms with Crippen LogP contribution in [0.2, 0.25) is 0 Å². The number of nitrogens with one attached hydrogen (secondary N) is 1. The molecule has 0 saturated carbocycles. The third kappa shape index (κ3) is 4.44. The molecule has 0 unspecified atom stereocenters. The minimum absolute atomic E-state index is 0.0165. The summed E-state index contributed by atoms with van der Waals surface area (Å²) in [6.45, 7) is 3.21. The zero-order chi connectivity index (χ0) is 24.8. The van der Waals surface area contributed by atoms with Gasteiger partial charge in [-0.2, -0.15) is 0 Å². The number of hydrogen-bond donors (Lipinski definition) is 1. The van der Waals surface area contributed by atoms with E-state index in [4.69, 9.17) is 0 Å². The Labute approximate surface area is 194 Å². The maximum atomic E-state index is 14.7. The van der Waals surface area contributed by atoms with Gasteiger partial charge < -0.3 is 9.88 Å². The Morgan fingerprint density at radius 3 is 2.53 bits per heavy atom. The van der Waals surface area contributed by atoms with Crippen molar-refractivity contribution in [2.45, 2.75) is 32.7 Å². The molecule has 2 aromatic heterocycles. The van der Waals surface area contributed by atoms with Gasteiger partial charge in [-0.15, -0.1) is 0 Å². The number of benzene rings is 1. The second-order valence-corrected chi connectivity index (χ2v) is 10.5. The summed E-state index contributed by atoms with van der Waals surface area (Å²) in [5.41, 5.74) is 0.331. The summed E-state index contributed by atoms with van der Waals surface area (Å²) in [4.78, 5) is 21.8. The molecular formula is C23H23F3N4O3S. The molecule has 0 spiro atoms. The Morgan fingerprint density at radius 2 is 1.88 bits per heavy atom. The van der Waals surface area contributed by atoms with Gasteiger partial charge in [0.1, 0.15) is 23.0 Å². The van der Waals surface area contributed by atoms with Crippen molar-refractivity contribution in [1.29, 1.82) is 0 Å². The Morgan fingerprint density at radius 1 is 1.18 bits per heavy atom. The van der Waals surface area contributed by atoms with E-state index in [9.17, 15) is 26.4 Å². The Bertz CT molecular complexity index is 1480. The minimum atomic E-state index is -3.15. The van der Waals surface area contributed by atoms with Crippen LogP contribution in [-0.4, -0.2) is 34.5 Å². The van der Waals surface area contributed by atoms with E-state index >= 15 is 0 Å². The Kier molecular flexibility index (Phi) is 6.24. The van der Waals surface area contributed by atoms with Crippen molar-refractivity contribution >= 4 is 32.1 Å². The largest absolute Gasteiger partial charge is 0.363 e. The van der Waals surface area contributed by atoms with Gasteiger partial charge in [-0.05, 0) is 31.9 Å². The van der Waals surface area contributed by atoms with Crippen LogP contribution in [0.3, 0.4) is 0 Å².